The number of imidazole rings is 1. The molecule has 0 radical (unpaired) electrons. The topological polar surface area (TPSA) is 65.4 Å². The lowest BCUT2D eigenvalue weighted by Crippen LogP contribution is -2.29. The predicted octanol–water partition coefficient (Wildman–Crippen LogP) is 3.76. The van der Waals surface area contributed by atoms with E-state index in [1.165, 1.54) is 12.7 Å². The summed E-state index contributed by atoms with van der Waals surface area (Å²) in [4.78, 5) is 16.4. The number of unbranched alkanes of at least 4 members (excludes halogenated alkanes) is 1. The Hall–Kier alpha value is -2.86. The molecule has 1 heterocycles. The summed E-state index contributed by atoms with van der Waals surface area (Å²) in [6.07, 6.45) is 3.68. The fraction of sp³-hybridized carbons (Fsp3) is 0.417. The molecule has 3 aromatic rings. The zero-order valence-electron chi connectivity index (χ0n) is 17.9. The SMILES string of the molecule is CCc1ccc(OCCCCn2c(CCNC(=O)COC)nc3ccccc32)cc1. The average Bonchev–Trinajstić information content (AvgIpc) is 3.11. The molecule has 1 N–H and O–H groups in total. The van der Waals surface area contributed by atoms with Crippen LogP contribution in [-0.2, 0) is 28.9 Å². The molecule has 0 saturated heterocycles. The van der Waals surface area contributed by atoms with Crippen LogP contribution in [0, 0.1) is 0 Å². The molecule has 0 saturated carbocycles. The summed E-state index contributed by atoms with van der Waals surface area (Å²) < 4.78 is 13.0. The van der Waals surface area contributed by atoms with Gasteiger partial charge in [-0.3, -0.25) is 4.79 Å². The number of nitrogens with zero attached hydrogens (tertiary/aromatic N) is 2. The number of carbonyl (C=O) groups is 1. The van der Waals surface area contributed by atoms with Crippen molar-refractivity contribution in [3.8, 4) is 5.75 Å². The maximum absolute atomic E-state index is 11.6. The van der Waals surface area contributed by atoms with E-state index in [1.54, 1.807) is 0 Å². The average molecular weight is 410 g/mol. The van der Waals surface area contributed by atoms with E-state index in [0.29, 0.717) is 19.6 Å². The van der Waals surface area contributed by atoms with E-state index < -0.39 is 0 Å². The molecule has 0 fully saturated rings. The molecule has 30 heavy (non-hydrogen) atoms. The molecule has 6 heteroatoms. The van der Waals surface area contributed by atoms with Crippen LogP contribution in [0.2, 0.25) is 0 Å². The Kier molecular flexibility index (Phi) is 8.27. The molecule has 0 aliphatic heterocycles. The van der Waals surface area contributed by atoms with Crippen LogP contribution in [0.4, 0.5) is 0 Å². The van der Waals surface area contributed by atoms with Gasteiger partial charge in [0.05, 0.1) is 17.6 Å². The number of amides is 1. The maximum Gasteiger partial charge on any atom is 0.245 e. The van der Waals surface area contributed by atoms with Gasteiger partial charge in [0.25, 0.3) is 0 Å². The minimum Gasteiger partial charge on any atom is -0.494 e. The minimum absolute atomic E-state index is 0.0809. The van der Waals surface area contributed by atoms with E-state index in [0.717, 1.165) is 48.4 Å². The Balaban J connectivity index is 1.52. The lowest BCUT2D eigenvalue weighted by Gasteiger charge is -2.11. The van der Waals surface area contributed by atoms with Gasteiger partial charge in [-0.25, -0.2) is 4.98 Å². The molecule has 0 spiro atoms. The number of aromatic nitrogens is 2. The van der Waals surface area contributed by atoms with Crippen molar-refractivity contribution < 1.29 is 14.3 Å². The standard InChI is InChI=1S/C24H31N3O3/c1-3-19-10-12-20(13-11-19)30-17-7-6-16-27-22-9-5-4-8-21(22)26-23(27)14-15-25-24(28)18-29-2/h4-5,8-13H,3,6-7,14-18H2,1-2H3,(H,25,28). The number of para-hydroxylation sites is 2. The van der Waals surface area contributed by atoms with Crippen LogP contribution in [0.1, 0.15) is 31.2 Å². The summed E-state index contributed by atoms with van der Waals surface area (Å²) in [5, 5.41) is 2.87. The fourth-order valence-corrected chi connectivity index (χ4v) is 3.44. The molecular formula is C24H31N3O3. The highest BCUT2D eigenvalue weighted by molar-refractivity contribution is 5.77. The van der Waals surface area contributed by atoms with Crippen molar-refractivity contribution in [3.05, 3.63) is 59.9 Å². The van der Waals surface area contributed by atoms with Crippen LogP contribution in [0.25, 0.3) is 11.0 Å². The largest absolute Gasteiger partial charge is 0.494 e. The lowest BCUT2D eigenvalue weighted by molar-refractivity contribution is -0.124. The van der Waals surface area contributed by atoms with Gasteiger partial charge in [0.1, 0.15) is 18.2 Å². The second-order valence-corrected chi connectivity index (χ2v) is 7.25. The van der Waals surface area contributed by atoms with Crippen LogP contribution >= 0.6 is 0 Å². The van der Waals surface area contributed by atoms with Crippen molar-refractivity contribution in [2.75, 3.05) is 26.9 Å². The van der Waals surface area contributed by atoms with Crippen LogP contribution < -0.4 is 10.1 Å². The van der Waals surface area contributed by atoms with E-state index in [4.69, 9.17) is 14.5 Å². The van der Waals surface area contributed by atoms with Crippen molar-refractivity contribution in [2.45, 2.75) is 39.2 Å². The number of fused-ring (bicyclic) bond motifs is 1. The zero-order valence-corrected chi connectivity index (χ0v) is 17.9. The number of nitrogens with one attached hydrogen (secondary N) is 1. The Labute approximate surface area is 178 Å². The molecule has 0 atom stereocenters. The molecule has 2 aromatic carbocycles. The van der Waals surface area contributed by atoms with Gasteiger partial charge in [0.2, 0.25) is 5.91 Å². The van der Waals surface area contributed by atoms with Crippen LogP contribution in [-0.4, -0.2) is 42.3 Å². The van der Waals surface area contributed by atoms with E-state index in [9.17, 15) is 4.79 Å². The van der Waals surface area contributed by atoms with Crippen molar-refractivity contribution in [1.29, 1.82) is 0 Å². The molecule has 0 unspecified atom stereocenters. The zero-order chi connectivity index (χ0) is 21.2. The van der Waals surface area contributed by atoms with Gasteiger partial charge in [-0.2, -0.15) is 0 Å². The number of aryl methyl sites for hydroxylation is 2. The van der Waals surface area contributed by atoms with Gasteiger partial charge < -0.3 is 19.4 Å². The highest BCUT2D eigenvalue weighted by Crippen LogP contribution is 2.18. The molecule has 160 valence electrons. The van der Waals surface area contributed by atoms with E-state index in [2.05, 4.69) is 35.0 Å². The summed E-state index contributed by atoms with van der Waals surface area (Å²) >= 11 is 0. The van der Waals surface area contributed by atoms with Crippen molar-refractivity contribution in [3.63, 3.8) is 0 Å². The first kappa shape index (κ1) is 21.8. The second kappa shape index (κ2) is 11.4. The number of hydrogen-bond acceptors (Lipinski definition) is 4. The van der Waals surface area contributed by atoms with Crippen molar-refractivity contribution >= 4 is 16.9 Å². The smallest absolute Gasteiger partial charge is 0.245 e. The first-order valence-electron chi connectivity index (χ1n) is 10.6. The number of rotatable bonds is 12. The maximum atomic E-state index is 11.6. The van der Waals surface area contributed by atoms with Gasteiger partial charge in [0, 0.05) is 26.6 Å². The van der Waals surface area contributed by atoms with Gasteiger partial charge in [-0.1, -0.05) is 31.2 Å². The molecule has 6 nitrogen and oxygen atoms in total. The van der Waals surface area contributed by atoms with Crippen LogP contribution in [0.3, 0.4) is 0 Å². The van der Waals surface area contributed by atoms with E-state index in [1.807, 2.05) is 30.3 Å². The number of carbonyl (C=O) groups excluding carboxylic acids is 1. The molecule has 0 bridgehead atoms. The Morgan fingerprint density at radius 3 is 2.67 bits per heavy atom. The van der Waals surface area contributed by atoms with Crippen molar-refractivity contribution in [2.24, 2.45) is 0 Å². The van der Waals surface area contributed by atoms with Crippen molar-refractivity contribution in [1.82, 2.24) is 14.9 Å². The van der Waals surface area contributed by atoms with Crippen LogP contribution in [0.5, 0.6) is 5.75 Å². The molecule has 0 aliphatic carbocycles. The molecule has 1 aromatic heterocycles. The quantitative estimate of drug-likeness (QED) is 0.463. The molecule has 3 rings (SSSR count). The summed E-state index contributed by atoms with van der Waals surface area (Å²) in [5.41, 5.74) is 3.44. The van der Waals surface area contributed by atoms with Gasteiger partial charge in [-0.15, -0.1) is 0 Å². The lowest BCUT2D eigenvalue weighted by atomic mass is 10.2. The highest BCUT2D eigenvalue weighted by atomic mass is 16.5. The summed E-state index contributed by atoms with van der Waals surface area (Å²) in [7, 11) is 1.52. The highest BCUT2D eigenvalue weighted by Gasteiger charge is 2.10. The third kappa shape index (κ3) is 6.07. The minimum atomic E-state index is -0.107. The van der Waals surface area contributed by atoms with E-state index in [-0.39, 0.29) is 12.5 Å². The Morgan fingerprint density at radius 2 is 1.90 bits per heavy atom. The second-order valence-electron chi connectivity index (χ2n) is 7.25. The first-order valence-corrected chi connectivity index (χ1v) is 10.6. The normalized spacial score (nSPS) is 11.0. The third-order valence-corrected chi connectivity index (χ3v) is 5.06. The van der Waals surface area contributed by atoms with Gasteiger partial charge in [-0.05, 0) is 49.1 Å². The van der Waals surface area contributed by atoms with Gasteiger partial charge in [0.15, 0.2) is 0 Å². The summed E-state index contributed by atoms with van der Waals surface area (Å²) in [5.74, 6) is 1.81. The fourth-order valence-electron chi connectivity index (χ4n) is 3.44. The van der Waals surface area contributed by atoms with Gasteiger partial charge >= 0.3 is 0 Å². The molecule has 1 amide bonds. The number of methoxy groups -OCH3 is 1. The van der Waals surface area contributed by atoms with E-state index >= 15 is 0 Å². The number of benzene rings is 2. The summed E-state index contributed by atoms with van der Waals surface area (Å²) in [6, 6.07) is 16.5. The Morgan fingerprint density at radius 1 is 1.10 bits per heavy atom. The summed E-state index contributed by atoms with van der Waals surface area (Å²) in [6.45, 7) is 4.35. The third-order valence-electron chi connectivity index (χ3n) is 5.06. The molecule has 0 aliphatic rings. The first-order chi connectivity index (χ1) is 14.7. The molecular weight excluding hydrogens is 378 g/mol. The number of hydrogen-bond donors (Lipinski definition) is 1. The predicted molar refractivity (Wildman–Crippen MR) is 119 cm³/mol. The monoisotopic (exact) mass is 409 g/mol. The number of ether oxygens (including phenoxy) is 2. The Bertz CT molecular complexity index is 935. The van der Waals surface area contributed by atoms with Crippen LogP contribution in [0.15, 0.2) is 48.5 Å².